The molecule has 1 atom stereocenters. The lowest BCUT2D eigenvalue weighted by molar-refractivity contribution is -0.142. The Morgan fingerprint density at radius 2 is 2.00 bits per heavy atom. The zero-order valence-corrected chi connectivity index (χ0v) is 10.3. The van der Waals surface area contributed by atoms with Crippen LogP contribution in [0.25, 0.3) is 0 Å². The highest BCUT2D eigenvalue weighted by Gasteiger charge is 2.43. The molecule has 0 aliphatic carbocycles. The number of nitrogens with zero attached hydrogens (tertiary/aromatic N) is 1. The van der Waals surface area contributed by atoms with Crippen molar-refractivity contribution in [3.05, 3.63) is 46.8 Å². The van der Waals surface area contributed by atoms with E-state index in [-0.39, 0.29) is 5.56 Å². The molecule has 1 aliphatic heterocycles. The molecule has 1 aromatic carbocycles. The Balaban J connectivity index is 2.59. The lowest BCUT2D eigenvalue weighted by Crippen LogP contribution is -2.24. The fourth-order valence-corrected chi connectivity index (χ4v) is 2.14. The fraction of sp³-hybridized carbons (Fsp3) is 0.250. The minimum atomic E-state index is -4.60. The van der Waals surface area contributed by atoms with Crippen LogP contribution in [0.2, 0.25) is 0 Å². The van der Waals surface area contributed by atoms with Crippen LogP contribution in [-0.4, -0.2) is 23.2 Å². The quantitative estimate of drug-likeness (QED) is 0.869. The normalized spacial score (nSPS) is 20.1. The largest absolute Gasteiger partial charge is 0.478 e. The van der Waals surface area contributed by atoms with Gasteiger partial charge in [0.05, 0.1) is 5.56 Å². The number of hydrogen-bond donors (Lipinski definition) is 2. The van der Waals surface area contributed by atoms with Gasteiger partial charge in [-0.25, -0.2) is 4.79 Å². The minimum absolute atomic E-state index is 0.222. The summed E-state index contributed by atoms with van der Waals surface area (Å²) in [4.78, 5) is 16.1. The lowest BCUT2D eigenvalue weighted by Gasteiger charge is -2.22. The molecule has 1 heterocycles. The van der Waals surface area contributed by atoms with Gasteiger partial charge in [-0.1, -0.05) is 18.2 Å². The third kappa shape index (κ3) is 2.29. The number of aliphatic carboxylic acids is 1. The number of hydrogen-bond acceptors (Lipinski definition) is 4. The molecule has 0 amide bonds. The number of nitrogens with two attached hydrogens (primary N) is 1. The molecule has 0 aromatic heterocycles. The van der Waals surface area contributed by atoms with E-state index in [4.69, 9.17) is 15.7 Å². The number of carbonyl (C=O) groups is 1. The molecular formula is C12H11F3N2O3. The van der Waals surface area contributed by atoms with E-state index in [0.717, 1.165) is 11.1 Å². The van der Waals surface area contributed by atoms with Gasteiger partial charge < -0.3 is 15.7 Å². The maximum Gasteiger partial charge on any atom is 0.416 e. The summed E-state index contributed by atoms with van der Waals surface area (Å²) in [6, 6.07) is 3.50. The lowest BCUT2D eigenvalue weighted by atomic mass is 9.94. The van der Waals surface area contributed by atoms with E-state index in [0.29, 0.717) is 0 Å². The summed E-state index contributed by atoms with van der Waals surface area (Å²) in [5.41, 5.74) is 3.85. The molecule has 0 saturated heterocycles. The minimum Gasteiger partial charge on any atom is -0.478 e. The Bertz CT molecular complexity index is 584. The summed E-state index contributed by atoms with van der Waals surface area (Å²) in [6.07, 6.45) is -4.60. The number of benzene rings is 1. The Morgan fingerprint density at radius 3 is 2.55 bits per heavy atom. The van der Waals surface area contributed by atoms with Crippen LogP contribution in [-0.2, 0) is 15.8 Å². The van der Waals surface area contributed by atoms with E-state index in [1.165, 1.54) is 25.2 Å². The van der Waals surface area contributed by atoms with Gasteiger partial charge in [0.15, 0.2) is 0 Å². The Labute approximate surface area is 112 Å². The number of halogens is 3. The van der Waals surface area contributed by atoms with Crippen LogP contribution in [0.5, 0.6) is 0 Å². The summed E-state index contributed by atoms with van der Waals surface area (Å²) in [5, 5.41) is 10.1. The highest BCUT2D eigenvalue weighted by molar-refractivity contribution is 5.89. The number of carboxylic acids is 1. The van der Waals surface area contributed by atoms with Gasteiger partial charge >= 0.3 is 12.1 Å². The van der Waals surface area contributed by atoms with Crippen molar-refractivity contribution in [1.82, 2.24) is 5.06 Å². The van der Waals surface area contributed by atoms with Crippen LogP contribution >= 0.6 is 0 Å². The van der Waals surface area contributed by atoms with Crippen molar-refractivity contribution in [2.24, 2.45) is 5.73 Å². The second-order valence-corrected chi connectivity index (χ2v) is 4.21. The van der Waals surface area contributed by atoms with Gasteiger partial charge in [-0.05, 0) is 11.6 Å². The molecule has 108 valence electrons. The highest BCUT2D eigenvalue weighted by atomic mass is 19.4. The number of rotatable bonds is 2. The molecule has 0 saturated carbocycles. The van der Waals surface area contributed by atoms with Crippen molar-refractivity contribution < 1.29 is 27.9 Å². The first-order chi connectivity index (χ1) is 9.23. The van der Waals surface area contributed by atoms with Crippen molar-refractivity contribution in [2.45, 2.75) is 12.2 Å². The predicted molar refractivity (Wildman–Crippen MR) is 61.9 cm³/mol. The van der Waals surface area contributed by atoms with Crippen molar-refractivity contribution in [3.8, 4) is 0 Å². The Morgan fingerprint density at radius 1 is 1.40 bits per heavy atom. The SMILES string of the molecule is CN1OC(N)=C(C(=O)O)C1c1ccccc1C(F)(F)F. The molecule has 20 heavy (non-hydrogen) atoms. The maximum absolute atomic E-state index is 13.0. The van der Waals surface area contributed by atoms with Crippen molar-refractivity contribution in [1.29, 1.82) is 0 Å². The predicted octanol–water partition coefficient (Wildman–Crippen LogP) is 1.88. The summed E-state index contributed by atoms with van der Waals surface area (Å²) in [7, 11) is 1.32. The number of hydroxylamine groups is 2. The zero-order chi connectivity index (χ0) is 15.1. The first-order valence-corrected chi connectivity index (χ1v) is 5.53. The van der Waals surface area contributed by atoms with E-state index in [2.05, 4.69) is 0 Å². The number of likely N-dealkylation sites (N-methyl/N-ethyl adjacent to an activating group) is 1. The van der Waals surface area contributed by atoms with Crippen LogP contribution in [0.15, 0.2) is 35.7 Å². The van der Waals surface area contributed by atoms with E-state index >= 15 is 0 Å². The molecule has 1 aromatic rings. The van der Waals surface area contributed by atoms with Gasteiger partial charge in [0.25, 0.3) is 0 Å². The summed E-state index contributed by atoms with van der Waals surface area (Å²) >= 11 is 0. The van der Waals surface area contributed by atoms with Gasteiger partial charge in [0, 0.05) is 7.05 Å². The van der Waals surface area contributed by atoms with Gasteiger partial charge in [-0.2, -0.15) is 13.2 Å². The van der Waals surface area contributed by atoms with Gasteiger partial charge in [-0.3, -0.25) is 0 Å². The van der Waals surface area contributed by atoms with Crippen LogP contribution in [0, 0.1) is 0 Å². The zero-order valence-electron chi connectivity index (χ0n) is 10.3. The van der Waals surface area contributed by atoms with Crippen molar-refractivity contribution >= 4 is 5.97 Å². The first kappa shape index (κ1) is 14.2. The topological polar surface area (TPSA) is 75.8 Å². The molecule has 3 N–H and O–H groups in total. The molecule has 5 nitrogen and oxygen atoms in total. The van der Waals surface area contributed by atoms with Gasteiger partial charge in [0.2, 0.25) is 5.88 Å². The van der Waals surface area contributed by atoms with Crippen molar-refractivity contribution in [2.75, 3.05) is 7.05 Å². The van der Waals surface area contributed by atoms with E-state index in [9.17, 15) is 18.0 Å². The van der Waals surface area contributed by atoms with E-state index < -0.39 is 35.2 Å². The summed E-state index contributed by atoms with van der Waals surface area (Å²) in [5.74, 6) is -1.84. The first-order valence-electron chi connectivity index (χ1n) is 5.53. The molecule has 0 bridgehead atoms. The molecule has 0 fully saturated rings. The standard InChI is InChI=1S/C12H11F3N2O3/c1-17-9(8(11(18)19)10(16)20-17)6-4-2-3-5-7(6)12(13,14)15/h2-5,9H,16H2,1H3,(H,18,19). The summed E-state index contributed by atoms with van der Waals surface area (Å²) < 4.78 is 39.0. The molecule has 2 rings (SSSR count). The average Bonchev–Trinajstić information content (AvgIpc) is 2.63. The molecule has 8 heteroatoms. The van der Waals surface area contributed by atoms with Crippen LogP contribution in [0.3, 0.4) is 0 Å². The smallest absolute Gasteiger partial charge is 0.416 e. The summed E-state index contributed by atoms with van der Waals surface area (Å²) in [6.45, 7) is 0. The van der Waals surface area contributed by atoms with Crippen LogP contribution in [0.1, 0.15) is 17.2 Å². The van der Waals surface area contributed by atoms with Crippen LogP contribution in [0.4, 0.5) is 13.2 Å². The van der Waals surface area contributed by atoms with E-state index in [1.54, 1.807) is 0 Å². The Hall–Kier alpha value is -2.22. The van der Waals surface area contributed by atoms with Gasteiger partial charge in [0.1, 0.15) is 11.6 Å². The van der Waals surface area contributed by atoms with E-state index in [1.807, 2.05) is 0 Å². The fourth-order valence-electron chi connectivity index (χ4n) is 2.14. The highest BCUT2D eigenvalue weighted by Crippen LogP contribution is 2.41. The number of alkyl halides is 3. The monoisotopic (exact) mass is 288 g/mol. The van der Waals surface area contributed by atoms with Crippen molar-refractivity contribution in [3.63, 3.8) is 0 Å². The average molecular weight is 288 g/mol. The number of carboxylic acid groups (broad SMARTS) is 1. The second kappa shape index (κ2) is 4.71. The maximum atomic E-state index is 13.0. The molecule has 1 aliphatic rings. The Kier molecular flexibility index (Phi) is 3.34. The third-order valence-corrected chi connectivity index (χ3v) is 2.94. The molecule has 0 spiro atoms. The molecule has 1 unspecified atom stereocenters. The third-order valence-electron chi connectivity index (χ3n) is 2.94. The molecule has 0 radical (unpaired) electrons. The van der Waals surface area contributed by atoms with Crippen LogP contribution < -0.4 is 5.73 Å². The second-order valence-electron chi connectivity index (χ2n) is 4.21. The molecular weight excluding hydrogens is 277 g/mol. The van der Waals surface area contributed by atoms with Gasteiger partial charge in [-0.15, -0.1) is 5.06 Å².